The van der Waals surface area contributed by atoms with Gasteiger partial charge in [-0.15, -0.1) is 10.2 Å². The van der Waals surface area contributed by atoms with Crippen molar-refractivity contribution < 1.29 is 22.9 Å². The second kappa shape index (κ2) is 7.08. The average Bonchev–Trinajstić information content (AvgIpc) is 3.40. The van der Waals surface area contributed by atoms with Crippen molar-refractivity contribution in [1.29, 1.82) is 0 Å². The molecule has 0 saturated carbocycles. The van der Waals surface area contributed by atoms with Crippen LogP contribution in [0.5, 0.6) is 0 Å². The number of benzene rings is 1. The summed E-state index contributed by atoms with van der Waals surface area (Å²) in [4.78, 5) is 12.6. The minimum Gasteiger partial charge on any atom is -0.459 e. The number of rotatable bonds is 5. The van der Waals surface area contributed by atoms with Crippen LogP contribution in [0.3, 0.4) is 0 Å². The van der Waals surface area contributed by atoms with E-state index >= 15 is 0 Å². The number of nitrogens with zero attached hydrogens (tertiary/aromatic N) is 3. The smallest absolute Gasteiger partial charge is 0.344 e. The van der Waals surface area contributed by atoms with Gasteiger partial charge < -0.3 is 18.1 Å². The summed E-state index contributed by atoms with van der Waals surface area (Å²) < 4.78 is 21.0. The molecule has 0 saturated heterocycles. The SMILES string of the molecule is Cc1onc(-c2ccccc2Cl)c1C(=O)OCc1nnc(-c2ccco2)o1. The van der Waals surface area contributed by atoms with E-state index in [1.165, 1.54) is 6.26 Å². The van der Waals surface area contributed by atoms with E-state index in [0.717, 1.165) is 0 Å². The Morgan fingerprint density at radius 3 is 2.81 bits per heavy atom. The highest BCUT2D eigenvalue weighted by atomic mass is 35.5. The van der Waals surface area contributed by atoms with Crippen LogP contribution in [0.1, 0.15) is 22.0 Å². The van der Waals surface area contributed by atoms with Crippen LogP contribution in [0.15, 0.2) is 56.0 Å². The molecule has 4 rings (SSSR count). The molecule has 8 nitrogen and oxygen atoms in total. The van der Waals surface area contributed by atoms with Crippen LogP contribution in [0.4, 0.5) is 0 Å². The zero-order valence-electron chi connectivity index (χ0n) is 14.0. The number of carbonyl (C=O) groups is 1. The highest BCUT2D eigenvalue weighted by Gasteiger charge is 2.25. The van der Waals surface area contributed by atoms with Gasteiger partial charge in [0.1, 0.15) is 17.0 Å². The van der Waals surface area contributed by atoms with Crippen molar-refractivity contribution in [3.05, 3.63) is 64.9 Å². The topological polar surface area (TPSA) is 104 Å². The molecule has 0 aliphatic carbocycles. The molecule has 0 bridgehead atoms. The Kier molecular flexibility index (Phi) is 4.47. The molecule has 9 heteroatoms. The maximum Gasteiger partial charge on any atom is 0.344 e. The van der Waals surface area contributed by atoms with Crippen LogP contribution in [0.2, 0.25) is 5.02 Å². The number of hydrogen-bond donors (Lipinski definition) is 0. The number of carbonyl (C=O) groups excluding carboxylic acids is 1. The van der Waals surface area contributed by atoms with E-state index in [2.05, 4.69) is 15.4 Å². The Morgan fingerprint density at radius 1 is 1.19 bits per heavy atom. The predicted octanol–water partition coefficient (Wildman–Crippen LogP) is 4.30. The molecule has 3 aromatic heterocycles. The fraction of sp³-hybridized carbons (Fsp3) is 0.111. The number of aryl methyl sites for hydroxylation is 1. The Balaban J connectivity index is 1.53. The molecule has 0 aliphatic rings. The van der Waals surface area contributed by atoms with Gasteiger partial charge in [-0.3, -0.25) is 0 Å². The van der Waals surface area contributed by atoms with Crippen molar-refractivity contribution in [1.82, 2.24) is 15.4 Å². The maximum absolute atomic E-state index is 12.6. The predicted molar refractivity (Wildman–Crippen MR) is 92.8 cm³/mol. The van der Waals surface area contributed by atoms with Crippen molar-refractivity contribution in [3.8, 4) is 22.9 Å². The molecular formula is C18H12ClN3O5. The third-order valence-corrected chi connectivity index (χ3v) is 4.05. The van der Waals surface area contributed by atoms with Gasteiger partial charge in [-0.05, 0) is 25.1 Å². The van der Waals surface area contributed by atoms with Crippen molar-refractivity contribution in [2.24, 2.45) is 0 Å². The van der Waals surface area contributed by atoms with Gasteiger partial charge in [0.15, 0.2) is 12.4 Å². The van der Waals surface area contributed by atoms with Crippen LogP contribution < -0.4 is 0 Å². The van der Waals surface area contributed by atoms with E-state index in [0.29, 0.717) is 27.8 Å². The molecule has 0 amide bonds. The fourth-order valence-electron chi connectivity index (χ4n) is 2.46. The lowest BCUT2D eigenvalue weighted by Crippen LogP contribution is -2.07. The quantitative estimate of drug-likeness (QED) is 0.468. The van der Waals surface area contributed by atoms with E-state index in [1.54, 1.807) is 43.3 Å². The van der Waals surface area contributed by atoms with Crippen LogP contribution in [-0.4, -0.2) is 21.3 Å². The van der Waals surface area contributed by atoms with Crippen molar-refractivity contribution in [2.45, 2.75) is 13.5 Å². The lowest BCUT2D eigenvalue weighted by atomic mass is 10.1. The summed E-state index contributed by atoms with van der Waals surface area (Å²) in [5, 5.41) is 12.1. The highest BCUT2D eigenvalue weighted by molar-refractivity contribution is 6.33. The maximum atomic E-state index is 12.6. The van der Waals surface area contributed by atoms with Gasteiger partial charge in [-0.2, -0.15) is 0 Å². The summed E-state index contributed by atoms with van der Waals surface area (Å²) >= 11 is 6.19. The molecule has 1 aromatic carbocycles. The largest absolute Gasteiger partial charge is 0.459 e. The molecule has 0 aliphatic heterocycles. The summed E-state index contributed by atoms with van der Waals surface area (Å²) in [5.41, 5.74) is 1.07. The number of hydrogen-bond acceptors (Lipinski definition) is 8. The first kappa shape index (κ1) is 17.0. The first-order valence-electron chi connectivity index (χ1n) is 7.88. The molecular weight excluding hydrogens is 374 g/mol. The molecule has 0 spiro atoms. The summed E-state index contributed by atoms with van der Waals surface area (Å²) in [5.74, 6) is 0.432. The van der Waals surface area contributed by atoms with Gasteiger partial charge in [-0.25, -0.2) is 4.79 Å². The molecule has 4 aromatic rings. The highest BCUT2D eigenvalue weighted by Crippen LogP contribution is 2.31. The molecule has 0 atom stereocenters. The zero-order chi connectivity index (χ0) is 18.8. The van der Waals surface area contributed by atoms with Crippen molar-refractivity contribution in [2.75, 3.05) is 0 Å². The van der Waals surface area contributed by atoms with Gasteiger partial charge in [0, 0.05) is 5.56 Å². The summed E-state index contributed by atoms with van der Waals surface area (Å²) in [6.45, 7) is 1.41. The van der Waals surface area contributed by atoms with Gasteiger partial charge >= 0.3 is 5.97 Å². The van der Waals surface area contributed by atoms with E-state index < -0.39 is 5.97 Å². The van der Waals surface area contributed by atoms with E-state index in [-0.39, 0.29) is 24.0 Å². The first-order valence-corrected chi connectivity index (χ1v) is 8.26. The monoisotopic (exact) mass is 385 g/mol. The van der Waals surface area contributed by atoms with Gasteiger partial charge in [0.2, 0.25) is 0 Å². The molecule has 0 fully saturated rings. The second-order valence-electron chi connectivity index (χ2n) is 5.50. The summed E-state index contributed by atoms with van der Waals surface area (Å²) in [6, 6.07) is 10.4. The third-order valence-electron chi connectivity index (χ3n) is 3.72. The van der Waals surface area contributed by atoms with Gasteiger partial charge in [0.05, 0.1) is 11.3 Å². The number of esters is 1. The van der Waals surface area contributed by atoms with E-state index in [4.69, 9.17) is 29.7 Å². The Hall–Kier alpha value is -3.39. The minimum absolute atomic E-state index is 0.128. The average molecular weight is 386 g/mol. The molecule has 3 heterocycles. The Labute approximate surface area is 157 Å². The van der Waals surface area contributed by atoms with Gasteiger partial charge in [0.25, 0.3) is 11.8 Å². The van der Waals surface area contributed by atoms with Gasteiger partial charge in [-0.1, -0.05) is 35.0 Å². The van der Waals surface area contributed by atoms with Crippen LogP contribution in [0.25, 0.3) is 22.9 Å². The third kappa shape index (κ3) is 3.34. The Bertz CT molecular complexity index is 1080. The number of furan rings is 1. The normalized spacial score (nSPS) is 10.9. The summed E-state index contributed by atoms with van der Waals surface area (Å²) in [6.07, 6.45) is 1.49. The lowest BCUT2D eigenvalue weighted by molar-refractivity contribution is 0.0437. The van der Waals surface area contributed by atoms with Crippen LogP contribution in [0, 0.1) is 6.92 Å². The van der Waals surface area contributed by atoms with Crippen molar-refractivity contribution >= 4 is 17.6 Å². The zero-order valence-corrected chi connectivity index (χ0v) is 14.8. The molecule has 136 valence electrons. The first-order chi connectivity index (χ1) is 13.1. The molecule has 0 radical (unpaired) electrons. The second-order valence-corrected chi connectivity index (χ2v) is 5.90. The lowest BCUT2D eigenvalue weighted by Gasteiger charge is -2.04. The standard InChI is InChI=1S/C18H12ClN3O5/c1-10-15(16(22-27-10)11-5-2-3-6-12(11)19)18(23)25-9-14-20-21-17(26-14)13-7-4-8-24-13/h2-8H,9H2,1H3. The number of aromatic nitrogens is 3. The minimum atomic E-state index is -0.638. The number of ether oxygens (including phenoxy) is 1. The van der Waals surface area contributed by atoms with Crippen LogP contribution >= 0.6 is 11.6 Å². The van der Waals surface area contributed by atoms with Crippen molar-refractivity contribution in [3.63, 3.8) is 0 Å². The molecule has 0 unspecified atom stereocenters. The number of halogens is 1. The Morgan fingerprint density at radius 2 is 2.04 bits per heavy atom. The summed E-state index contributed by atoms with van der Waals surface area (Å²) in [7, 11) is 0. The fourth-order valence-corrected chi connectivity index (χ4v) is 2.69. The van der Waals surface area contributed by atoms with Crippen LogP contribution in [-0.2, 0) is 11.3 Å². The van der Waals surface area contributed by atoms with E-state index in [1.807, 2.05) is 0 Å². The molecule has 27 heavy (non-hydrogen) atoms. The van der Waals surface area contributed by atoms with E-state index in [9.17, 15) is 4.79 Å². The molecule has 0 N–H and O–H groups in total.